The smallest absolute Gasteiger partial charge is 0.360 e. The summed E-state index contributed by atoms with van der Waals surface area (Å²) in [5, 5.41) is 0. The van der Waals surface area contributed by atoms with E-state index in [9.17, 15) is 13.6 Å². The number of methoxy groups -OCH3 is 1. The van der Waals surface area contributed by atoms with Gasteiger partial charge in [0.25, 0.3) is 0 Å². The number of nitrogens with two attached hydrogens (primary N) is 1. The highest BCUT2D eigenvalue weighted by molar-refractivity contribution is 9.10. The van der Waals surface area contributed by atoms with E-state index in [1.54, 1.807) is 6.92 Å². The number of hydrogen-bond acceptors (Lipinski definition) is 4. The van der Waals surface area contributed by atoms with E-state index in [0.29, 0.717) is 12.2 Å². The maximum atomic E-state index is 14.0. The fourth-order valence-electron chi connectivity index (χ4n) is 1.92. The Bertz CT molecular complexity index is 716. The van der Waals surface area contributed by atoms with Crippen molar-refractivity contribution < 1.29 is 18.3 Å². The lowest BCUT2D eigenvalue weighted by atomic mass is 10.2. The molecule has 0 bridgehead atoms. The van der Waals surface area contributed by atoms with Gasteiger partial charge in [0.05, 0.1) is 17.3 Å². The van der Waals surface area contributed by atoms with Gasteiger partial charge in [0.2, 0.25) is 0 Å². The Morgan fingerprint density at radius 1 is 1.43 bits per heavy atom. The van der Waals surface area contributed by atoms with Gasteiger partial charge in [-0.2, -0.15) is 0 Å². The molecular weight excluding hydrogens is 348 g/mol. The highest BCUT2D eigenvalue weighted by atomic mass is 79.9. The molecule has 0 amide bonds. The summed E-state index contributed by atoms with van der Waals surface area (Å²) in [5.74, 6) is -1.96. The van der Waals surface area contributed by atoms with Gasteiger partial charge in [0.1, 0.15) is 23.3 Å². The molecule has 21 heavy (non-hydrogen) atoms. The number of imidazole rings is 1. The Hall–Kier alpha value is -1.96. The number of anilines is 1. The van der Waals surface area contributed by atoms with Gasteiger partial charge in [-0.15, -0.1) is 0 Å². The lowest BCUT2D eigenvalue weighted by molar-refractivity contribution is 0.0595. The number of halogens is 3. The number of esters is 1. The van der Waals surface area contributed by atoms with Crippen molar-refractivity contribution in [3.05, 3.63) is 39.8 Å². The molecule has 1 aromatic carbocycles. The normalized spacial score (nSPS) is 10.7. The molecule has 112 valence electrons. The van der Waals surface area contributed by atoms with E-state index in [2.05, 4.69) is 25.7 Å². The quantitative estimate of drug-likeness (QED) is 0.675. The Morgan fingerprint density at radius 3 is 2.67 bits per heavy atom. The number of benzene rings is 1. The number of aryl methyl sites for hydroxylation is 1. The van der Waals surface area contributed by atoms with Crippen molar-refractivity contribution in [2.75, 3.05) is 12.8 Å². The largest absolute Gasteiger partial charge is 0.464 e. The average molecular weight is 360 g/mol. The first-order valence-corrected chi connectivity index (χ1v) is 6.80. The summed E-state index contributed by atoms with van der Waals surface area (Å²) in [7, 11) is 1.20. The number of hydrogen-bond donors (Lipinski definition) is 1. The highest BCUT2D eigenvalue weighted by Gasteiger charge is 2.23. The number of nitrogens with zero attached hydrogens (tertiary/aromatic N) is 2. The minimum Gasteiger partial charge on any atom is -0.464 e. The van der Waals surface area contributed by atoms with Gasteiger partial charge in [-0.05, 0) is 22.0 Å². The summed E-state index contributed by atoms with van der Waals surface area (Å²) in [6.07, 6.45) is 0.398. The minimum atomic E-state index is -0.814. The second-order valence-corrected chi connectivity index (χ2v) is 5.01. The van der Waals surface area contributed by atoms with Crippen LogP contribution in [0.3, 0.4) is 0 Å². The molecule has 0 aliphatic heterocycles. The van der Waals surface area contributed by atoms with Gasteiger partial charge < -0.3 is 10.5 Å². The van der Waals surface area contributed by atoms with E-state index in [1.165, 1.54) is 17.7 Å². The third-order valence-electron chi connectivity index (χ3n) is 2.91. The third-order valence-corrected chi connectivity index (χ3v) is 3.52. The summed E-state index contributed by atoms with van der Waals surface area (Å²) in [6, 6.07) is 1.97. The molecule has 0 spiro atoms. The first kappa shape index (κ1) is 15.4. The second kappa shape index (κ2) is 5.80. The van der Waals surface area contributed by atoms with Gasteiger partial charge >= 0.3 is 5.97 Å². The van der Waals surface area contributed by atoms with Crippen molar-refractivity contribution in [3.63, 3.8) is 0 Å². The van der Waals surface area contributed by atoms with Crippen LogP contribution in [0, 0.1) is 11.6 Å². The van der Waals surface area contributed by atoms with E-state index >= 15 is 0 Å². The van der Waals surface area contributed by atoms with Gasteiger partial charge in [0.15, 0.2) is 5.69 Å². The Kier molecular flexibility index (Phi) is 4.26. The van der Waals surface area contributed by atoms with Crippen LogP contribution in [0.5, 0.6) is 0 Å². The Morgan fingerprint density at radius 2 is 2.10 bits per heavy atom. The summed E-state index contributed by atoms with van der Waals surface area (Å²) in [6.45, 7) is 1.77. The summed E-state index contributed by atoms with van der Waals surface area (Å²) >= 11 is 2.99. The molecule has 2 N–H and O–H groups in total. The van der Waals surface area contributed by atoms with Crippen molar-refractivity contribution in [1.29, 1.82) is 0 Å². The molecule has 0 aliphatic rings. The van der Waals surface area contributed by atoms with Crippen LogP contribution in [0.1, 0.15) is 23.2 Å². The van der Waals surface area contributed by atoms with Crippen molar-refractivity contribution in [3.8, 4) is 5.69 Å². The molecule has 0 fully saturated rings. The molecule has 2 aromatic rings. The molecule has 0 saturated heterocycles. The first-order chi connectivity index (χ1) is 9.90. The van der Waals surface area contributed by atoms with E-state index in [-0.39, 0.29) is 21.7 Å². The van der Waals surface area contributed by atoms with Crippen LogP contribution in [0.4, 0.5) is 14.6 Å². The lowest BCUT2D eigenvalue weighted by Crippen LogP contribution is -2.09. The molecule has 0 radical (unpaired) electrons. The van der Waals surface area contributed by atoms with Crippen LogP contribution in [-0.2, 0) is 11.2 Å². The van der Waals surface area contributed by atoms with Gasteiger partial charge in [-0.3, -0.25) is 4.57 Å². The van der Waals surface area contributed by atoms with Crippen molar-refractivity contribution in [2.24, 2.45) is 0 Å². The number of carbonyl (C=O) groups is 1. The van der Waals surface area contributed by atoms with Crippen molar-refractivity contribution >= 4 is 27.7 Å². The fraction of sp³-hybridized carbons (Fsp3) is 0.231. The van der Waals surface area contributed by atoms with E-state index in [0.717, 1.165) is 6.07 Å². The maximum Gasteiger partial charge on any atom is 0.360 e. The van der Waals surface area contributed by atoms with Crippen molar-refractivity contribution in [2.45, 2.75) is 13.3 Å². The number of rotatable bonds is 3. The van der Waals surface area contributed by atoms with Gasteiger partial charge in [-0.1, -0.05) is 6.92 Å². The molecule has 0 atom stereocenters. The van der Waals surface area contributed by atoms with Crippen LogP contribution in [0.2, 0.25) is 0 Å². The Labute approximate surface area is 127 Å². The standard InChI is InChI=1S/C13H12BrF2N3O2/c1-3-10-18-11(13(20)21-2)12(17)19(10)9-4-6(14)7(15)5-8(9)16/h4-5H,3,17H2,1-2H3. The molecule has 0 saturated carbocycles. The maximum absolute atomic E-state index is 14.0. The zero-order valence-corrected chi connectivity index (χ0v) is 12.9. The van der Waals surface area contributed by atoms with Crippen LogP contribution in [0.15, 0.2) is 16.6 Å². The van der Waals surface area contributed by atoms with Gasteiger partial charge in [-0.25, -0.2) is 18.6 Å². The number of carbonyl (C=O) groups excluding carboxylic acids is 1. The molecule has 1 heterocycles. The molecule has 8 heteroatoms. The van der Waals surface area contributed by atoms with Crippen LogP contribution in [-0.4, -0.2) is 22.6 Å². The first-order valence-electron chi connectivity index (χ1n) is 6.01. The molecule has 2 rings (SSSR count). The second-order valence-electron chi connectivity index (χ2n) is 4.16. The van der Waals surface area contributed by atoms with E-state index in [4.69, 9.17) is 5.73 Å². The number of nitrogen functional groups attached to an aromatic ring is 1. The molecule has 0 unspecified atom stereocenters. The molecule has 0 aliphatic carbocycles. The topological polar surface area (TPSA) is 70.1 Å². The SMILES string of the molecule is CCc1nc(C(=O)OC)c(N)n1-c1cc(Br)c(F)cc1F. The van der Waals surface area contributed by atoms with E-state index in [1.807, 2.05) is 0 Å². The summed E-state index contributed by atoms with van der Waals surface area (Å²) in [5.41, 5.74) is 5.77. The fourth-order valence-corrected chi connectivity index (χ4v) is 2.25. The number of aromatic nitrogens is 2. The van der Waals surface area contributed by atoms with Crippen LogP contribution in [0.25, 0.3) is 5.69 Å². The minimum absolute atomic E-state index is 0.000257. The third kappa shape index (κ3) is 2.63. The van der Waals surface area contributed by atoms with Crippen molar-refractivity contribution in [1.82, 2.24) is 9.55 Å². The van der Waals surface area contributed by atoms with Crippen LogP contribution >= 0.6 is 15.9 Å². The summed E-state index contributed by atoms with van der Waals surface area (Å²) < 4.78 is 33.3. The van der Waals surface area contributed by atoms with Gasteiger partial charge in [0, 0.05) is 12.5 Å². The number of ether oxygens (including phenoxy) is 1. The van der Waals surface area contributed by atoms with E-state index < -0.39 is 17.6 Å². The highest BCUT2D eigenvalue weighted by Crippen LogP contribution is 2.28. The van der Waals surface area contributed by atoms with Crippen LogP contribution < -0.4 is 5.73 Å². The average Bonchev–Trinajstić information content (AvgIpc) is 2.79. The molecule has 5 nitrogen and oxygen atoms in total. The predicted molar refractivity (Wildman–Crippen MR) is 76.3 cm³/mol. The predicted octanol–water partition coefficient (Wildman–Crippen LogP) is 2.84. The lowest BCUT2D eigenvalue weighted by Gasteiger charge is -2.11. The zero-order chi connectivity index (χ0) is 15.7. The zero-order valence-electron chi connectivity index (χ0n) is 11.3. The molecule has 1 aromatic heterocycles. The Balaban J connectivity index is 2.72. The monoisotopic (exact) mass is 359 g/mol. The summed E-state index contributed by atoms with van der Waals surface area (Å²) in [4.78, 5) is 15.7. The molecular formula is C13H12BrF2N3O2.